The second-order valence-corrected chi connectivity index (χ2v) is 6.17. The number of carbonyl (C=O) groups is 1. The molecule has 0 saturated carbocycles. The summed E-state index contributed by atoms with van der Waals surface area (Å²) in [5.74, 6) is 0.846. The number of nitrogens with one attached hydrogen (secondary N) is 1. The van der Waals surface area contributed by atoms with Crippen molar-refractivity contribution in [2.75, 3.05) is 13.1 Å². The number of piperidine rings is 1. The average molecular weight is 331 g/mol. The molecule has 1 N–H and O–H groups in total. The molecule has 2 nitrogen and oxygen atoms in total. The Bertz CT molecular complexity index is 430. The molecule has 0 aliphatic carbocycles. The first-order valence-corrected chi connectivity index (χ1v) is 7.48. The van der Waals surface area contributed by atoms with Gasteiger partial charge in [0, 0.05) is 22.3 Å². The van der Waals surface area contributed by atoms with Crippen LogP contribution in [0.5, 0.6) is 0 Å². The third-order valence-electron chi connectivity index (χ3n) is 3.38. The molecule has 98 valence electrons. The van der Waals surface area contributed by atoms with Crippen LogP contribution in [0.25, 0.3) is 0 Å². The van der Waals surface area contributed by atoms with E-state index in [2.05, 4.69) is 21.2 Å². The Hall–Kier alpha value is -0.380. The van der Waals surface area contributed by atoms with E-state index in [1.165, 1.54) is 0 Å². The third kappa shape index (κ3) is 4.08. The molecule has 0 unspecified atom stereocenters. The summed E-state index contributed by atoms with van der Waals surface area (Å²) in [5, 5.41) is 3.98. The number of carbonyl (C=O) groups excluding carboxylic acids is 1. The van der Waals surface area contributed by atoms with Gasteiger partial charge in [0.2, 0.25) is 0 Å². The van der Waals surface area contributed by atoms with Gasteiger partial charge in [-0.3, -0.25) is 4.79 Å². The molecule has 1 saturated heterocycles. The SMILES string of the molecule is O=C(Cc1ccc(Br)cc1Cl)CC1CCNCC1. The number of hydrogen-bond donors (Lipinski definition) is 1. The Kier molecular flexibility index (Phi) is 5.22. The quantitative estimate of drug-likeness (QED) is 0.914. The lowest BCUT2D eigenvalue weighted by Crippen LogP contribution is -2.29. The minimum atomic E-state index is 0.297. The van der Waals surface area contributed by atoms with Crippen LogP contribution in [-0.4, -0.2) is 18.9 Å². The zero-order valence-electron chi connectivity index (χ0n) is 10.2. The molecule has 0 aromatic heterocycles. The molecular formula is C14H17BrClNO. The van der Waals surface area contributed by atoms with Gasteiger partial charge in [-0.1, -0.05) is 33.6 Å². The van der Waals surface area contributed by atoms with E-state index in [4.69, 9.17) is 11.6 Å². The topological polar surface area (TPSA) is 29.1 Å². The number of Topliss-reactive ketones (excluding diaryl/α,β-unsaturated/α-hetero) is 1. The molecule has 0 atom stereocenters. The van der Waals surface area contributed by atoms with E-state index in [-0.39, 0.29) is 0 Å². The highest BCUT2D eigenvalue weighted by Gasteiger charge is 2.17. The van der Waals surface area contributed by atoms with Crippen molar-refractivity contribution in [3.63, 3.8) is 0 Å². The number of rotatable bonds is 4. The van der Waals surface area contributed by atoms with Gasteiger partial charge in [0.05, 0.1) is 0 Å². The predicted octanol–water partition coefficient (Wildman–Crippen LogP) is 3.60. The predicted molar refractivity (Wildman–Crippen MR) is 78.1 cm³/mol. The van der Waals surface area contributed by atoms with Gasteiger partial charge in [0.25, 0.3) is 0 Å². The van der Waals surface area contributed by atoms with Crippen LogP contribution >= 0.6 is 27.5 Å². The molecule has 1 aromatic carbocycles. The summed E-state index contributed by atoms with van der Waals surface area (Å²) in [7, 11) is 0. The molecule has 0 radical (unpaired) electrons. The first kappa shape index (κ1) is 14.0. The van der Waals surface area contributed by atoms with E-state index in [0.29, 0.717) is 29.6 Å². The molecule has 2 rings (SSSR count). The van der Waals surface area contributed by atoms with Crippen molar-refractivity contribution < 1.29 is 4.79 Å². The highest BCUT2D eigenvalue weighted by Crippen LogP contribution is 2.23. The molecule has 1 aromatic rings. The van der Waals surface area contributed by atoms with E-state index < -0.39 is 0 Å². The fourth-order valence-electron chi connectivity index (χ4n) is 2.36. The van der Waals surface area contributed by atoms with Crippen molar-refractivity contribution in [3.8, 4) is 0 Å². The molecule has 1 heterocycles. The summed E-state index contributed by atoms with van der Waals surface area (Å²) >= 11 is 9.49. The number of ketones is 1. The normalized spacial score (nSPS) is 16.8. The van der Waals surface area contributed by atoms with Crippen LogP contribution in [0.15, 0.2) is 22.7 Å². The van der Waals surface area contributed by atoms with Gasteiger partial charge in [-0.15, -0.1) is 0 Å². The molecule has 18 heavy (non-hydrogen) atoms. The minimum absolute atomic E-state index is 0.297. The van der Waals surface area contributed by atoms with Crippen molar-refractivity contribution in [3.05, 3.63) is 33.3 Å². The van der Waals surface area contributed by atoms with Crippen molar-refractivity contribution in [2.24, 2.45) is 5.92 Å². The molecule has 0 spiro atoms. The van der Waals surface area contributed by atoms with E-state index in [1.807, 2.05) is 18.2 Å². The molecular weight excluding hydrogens is 314 g/mol. The lowest BCUT2D eigenvalue weighted by molar-refractivity contribution is -0.119. The summed E-state index contributed by atoms with van der Waals surface area (Å²) in [4.78, 5) is 12.0. The zero-order chi connectivity index (χ0) is 13.0. The Labute approximate surface area is 121 Å². The van der Waals surface area contributed by atoms with Gasteiger partial charge in [0.1, 0.15) is 5.78 Å². The third-order valence-corrected chi connectivity index (χ3v) is 4.22. The van der Waals surface area contributed by atoms with Crippen molar-refractivity contribution >= 4 is 33.3 Å². The Morgan fingerprint density at radius 2 is 2.11 bits per heavy atom. The zero-order valence-corrected chi connectivity index (χ0v) is 12.6. The van der Waals surface area contributed by atoms with Crippen LogP contribution in [0.4, 0.5) is 0 Å². The lowest BCUT2D eigenvalue weighted by atomic mass is 9.91. The van der Waals surface area contributed by atoms with Gasteiger partial charge in [-0.25, -0.2) is 0 Å². The van der Waals surface area contributed by atoms with E-state index in [9.17, 15) is 4.79 Å². The van der Waals surface area contributed by atoms with Gasteiger partial charge >= 0.3 is 0 Å². The van der Waals surface area contributed by atoms with Gasteiger partial charge in [-0.05, 0) is 49.5 Å². The Balaban J connectivity index is 1.90. The summed E-state index contributed by atoms with van der Waals surface area (Å²) in [6.07, 6.45) is 3.36. The molecule has 1 aliphatic heterocycles. The van der Waals surface area contributed by atoms with Crippen LogP contribution in [0.1, 0.15) is 24.8 Å². The van der Waals surface area contributed by atoms with E-state index in [0.717, 1.165) is 36.0 Å². The fourth-order valence-corrected chi connectivity index (χ4v) is 3.10. The molecule has 0 amide bonds. The largest absolute Gasteiger partial charge is 0.317 e. The second kappa shape index (κ2) is 6.69. The van der Waals surface area contributed by atoms with Crippen LogP contribution in [0, 0.1) is 5.92 Å². The van der Waals surface area contributed by atoms with E-state index >= 15 is 0 Å². The second-order valence-electron chi connectivity index (χ2n) is 4.85. The molecule has 1 aliphatic rings. The Morgan fingerprint density at radius 3 is 2.78 bits per heavy atom. The summed E-state index contributed by atoms with van der Waals surface area (Å²) in [6, 6.07) is 5.69. The van der Waals surface area contributed by atoms with Crippen LogP contribution < -0.4 is 5.32 Å². The number of halogens is 2. The average Bonchev–Trinajstić information content (AvgIpc) is 2.34. The molecule has 0 bridgehead atoms. The summed E-state index contributed by atoms with van der Waals surface area (Å²) in [6.45, 7) is 2.08. The van der Waals surface area contributed by atoms with Crippen molar-refractivity contribution in [2.45, 2.75) is 25.7 Å². The number of benzene rings is 1. The summed E-state index contributed by atoms with van der Waals surface area (Å²) < 4.78 is 0.946. The number of hydrogen-bond acceptors (Lipinski definition) is 2. The maximum absolute atomic E-state index is 12.0. The van der Waals surface area contributed by atoms with Gasteiger partial charge < -0.3 is 5.32 Å². The van der Waals surface area contributed by atoms with Crippen molar-refractivity contribution in [1.29, 1.82) is 0 Å². The highest BCUT2D eigenvalue weighted by molar-refractivity contribution is 9.10. The van der Waals surface area contributed by atoms with Crippen LogP contribution in [0.3, 0.4) is 0 Å². The standard InChI is InChI=1S/C14H17BrClNO/c15-12-2-1-11(14(16)9-12)8-13(18)7-10-3-5-17-6-4-10/h1-2,9-10,17H,3-8H2. The van der Waals surface area contributed by atoms with Crippen LogP contribution in [0.2, 0.25) is 5.02 Å². The summed E-state index contributed by atoms with van der Waals surface area (Å²) in [5.41, 5.74) is 0.929. The maximum Gasteiger partial charge on any atom is 0.137 e. The molecule has 1 fully saturated rings. The lowest BCUT2D eigenvalue weighted by Gasteiger charge is -2.21. The highest BCUT2D eigenvalue weighted by atomic mass is 79.9. The first-order chi connectivity index (χ1) is 8.65. The molecule has 4 heteroatoms. The van der Waals surface area contributed by atoms with Gasteiger partial charge in [-0.2, -0.15) is 0 Å². The maximum atomic E-state index is 12.0. The van der Waals surface area contributed by atoms with Crippen molar-refractivity contribution in [1.82, 2.24) is 5.32 Å². The van der Waals surface area contributed by atoms with Gasteiger partial charge in [0.15, 0.2) is 0 Å². The van der Waals surface area contributed by atoms with Crippen LogP contribution in [-0.2, 0) is 11.2 Å². The minimum Gasteiger partial charge on any atom is -0.317 e. The fraction of sp³-hybridized carbons (Fsp3) is 0.500. The smallest absolute Gasteiger partial charge is 0.137 e. The van der Waals surface area contributed by atoms with E-state index in [1.54, 1.807) is 0 Å². The monoisotopic (exact) mass is 329 g/mol. The Morgan fingerprint density at radius 1 is 1.39 bits per heavy atom. The first-order valence-electron chi connectivity index (χ1n) is 6.31.